The molecule has 5 heteroatoms. The lowest BCUT2D eigenvalue weighted by molar-refractivity contribution is 0.122. The summed E-state index contributed by atoms with van der Waals surface area (Å²) in [6.45, 7) is 2.96. The molecular formula is C9H13N3O2. The van der Waals surface area contributed by atoms with E-state index in [0.717, 1.165) is 18.9 Å². The number of nitrogens with zero attached hydrogens (tertiary/aromatic N) is 1. The number of anilines is 2. The summed E-state index contributed by atoms with van der Waals surface area (Å²) in [5, 5.41) is 0. The number of nitrogens with two attached hydrogens (primary N) is 1. The number of aromatic nitrogens is 1. The van der Waals surface area contributed by atoms with Crippen LogP contribution in [0.1, 0.15) is 0 Å². The maximum Gasteiger partial charge on any atom is 0.251 e. The molecule has 1 aliphatic rings. The Bertz CT molecular complexity index is 369. The van der Waals surface area contributed by atoms with Crippen LogP contribution in [-0.2, 0) is 4.74 Å². The van der Waals surface area contributed by atoms with E-state index in [-0.39, 0.29) is 5.56 Å². The van der Waals surface area contributed by atoms with E-state index in [1.807, 2.05) is 0 Å². The zero-order chi connectivity index (χ0) is 9.97. The van der Waals surface area contributed by atoms with Crippen molar-refractivity contribution in [3.8, 4) is 0 Å². The summed E-state index contributed by atoms with van der Waals surface area (Å²) < 4.78 is 5.22. The maximum atomic E-state index is 11.2. The average Bonchev–Trinajstić information content (AvgIpc) is 2.18. The van der Waals surface area contributed by atoms with Crippen molar-refractivity contribution in [2.24, 2.45) is 0 Å². The average molecular weight is 195 g/mol. The van der Waals surface area contributed by atoms with Gasteiger partial charge in [0.15, 0.2) is 0 Å². The second-order valence-corrected chi connectivity index (χ2v) is 3.26. The first-order valence-electron chi connectivity index (χ1n) is 4.58. The summed E-state index contributed by atoms with van der Waals surface area (Å²) in [6, 6.07) is 3.15. The molecule has 1 aromatic rings. The number of nitrogen functional groups attached to an aromatic ring is 1. The lowest BCUT2D eigenvalue weighted by Gasteiger charge is -2.28. The van der Waals surface area contributed by atoms with Gasteiger partial charge in [0.05, 0.1) is 13.2 Å². The molecule has 0 unspecified atom stereocenters. The standard InChI is InChI=1S/C9H13N3O2/c10-7-5-8(11-9(13)6-7)12-1-3-14-4-2-12/h5-6H,1-4H2,(H3,10,11,13). The van der Waals surface area contributed by atoms with Crippen LogP contribution in [0.3, 0.4) is 0 Å². The fourth-order valence-corrected chi connectivity index (χ4v) is 1.52. The minimum atomic E-state index is -0.161. The monoisotopic (exact) mass is 195 g/mol. The molecule has 1 aromatic heterocycles. The van der Waals surface area contributed by atoms with Gasteiger partial charge in [-0.2, -0.15) is 0 Å². The highest BCUT2D eigenvalue weighted by molar-refractivity contribution is 5.50. The molecule has 0 amide bonds. The smallest absolute Gasteiger partial charge is 0.251 e. The third kappa shape index (κ3) is 1.88. The Hall–Kier alpha value is -1.49. The van der Waals surface area contributed by atoms with Gasteiger partial charge in [0, 0.05) is 30.9 Å². The molecule has 0 aromatic carbocycles. The normalized spacial score (nSPS) is 17.0. The molecule has 3 N–H and O–H groups in total. The molecule has 1 aliphatic heterocycles. The molecule has 0 bridgehead atoms. The molecule has 2 heterocycles. The van der Waals surface area contributed by atoms with Gasteiger partial charge in [0.25, 0.3) is 5.56 Å². The largest absolute Gasteiger partial charge is 0.398 e. The van der Waals surface area contributed by atoms with Crippen molar-refractivity contribution in [2.75, 3.05) is 36.9 Å². The molecule has 0 aliphatic carbocycles. The first-order chi connectivity index (χ1) is 6.75. The van der Waals surface area contributed by atoms with Crippen LogP contribution in [0.2, 0.25) is 0 Å². The van der Waals surface area contributed by atoms with Gasteiger partial charge in [-0.25, -0.2) is 0 Å². The Labute approximate surface area is 81.5 Å². The molecule has 1 fully saturated rings. The van der Waals surface area contributed by atoms with Gasteiger partial charge in [-0.3, -0.25) is 4.79 Å². The summed E-state index contributed by atoms with van der Waals surface area (Å²) in [4.78, 5) is 16.0. The highest BCUT2D eigenvalue weighted by atomic mass is 16.5. The van der Waals surface area contributed by atoms with Gasteiger partial charge in [-0.05, 0) is 0 Å². The van der Waals surface area contributed by atoms with Crippen LogP contribution >= 0.6 is 0 Å². The summed E-state index contributed by atoms with van der Waals surface area (Å²) in [7, 11) is 0. The van der Waals surface area contributed by atoms with Crippen molar-refractivity contribution in [3.05, 3.63) is 22.5 Å². The highest BCUT2D eigenvalue weighted by Crippen LogP contribution is 2.12. The number of ether oxygens (including phenoxy) is 1. The van der Waals surface area contributed by atoms with Gasteiger partial charge in [0.2, 0.25) is 0 Å². The van der Waals surface area contributed by atoms with Gasteiger partial charge in [-0.1, -0.05) is 0 Å². The minimum Gasteiger partial charge on any atom is -0.398 e. The zero-order valence-electron chi connectivity index (χ0n) is 7.82. The number of rotatable bonds is 1. The minimum absolute atomic E-state index is 0.161. The van der Waals surface area contributed by atoms with E-state index >= 15 is 0 Å². The molecule has 0 radical (unpaired) electrons. The van der Waals surface area contributed by atoms with Crippen LogP contribution in [0.25, 0.3) is 0 Å². The van der Waals surface area contributed by atoms with Gasteiger partial charge >= 0.3 is 0 Å². The van der Waals surface area contributed by atoms with E-state index in [4.69, 9.17) is 10.5 Å². The van der Waals surface area contributed by atoms with E-state index in [0.29, 0.717) is 18.9 Å². The van der Waals surface area contributed by atoms with Crippen LogP contribution in [0.5, 0.6) is 0 Å². The van der Waals surface area contributed by atoms with Crippen molar-refractivity contribution < 1.29 is 4.74 Å². The molecule has 14 heavy (non-hydrogen) atoms. The third-order valence-corrected chi connectivity index (χ3v) is 2.20. The molecule has 0 saturated carbocycles. The van der Waals surface area contributed by atoms with Crippen LogP contribution in [0.4, 0.5) is 11.5 Å². The number of pyridine rings is 1. The number of H-pyrrole nitrogens is 1. The van der Waals surface area contributed by atoms with Crippen molar-refractivity contribution >= 4 is 11.5 Å². The fourth-order valence-electron chi connectivity index (χ4n) is 1.52. The van der Waals surface area contributed by atoms with E-state index < -0.39 is 0 Å². The quantitative estimate of drug-likeness (QED) is 0.650. The van der Waals surface area contributed by atoms with Crippen molar-refractivity contribution in [3.63, 3.8) is 0 Å². The molecule has 5 nitrogen and oxygen atoms in total. The third-order valence-electron chi connectivity index (χ3n) is 2.20. The Kier molecular flexibility index (Phi) is 2.41. The Morgan fingerprint density at radius 2 is 2.07 bits per heavy atom. The van der Waals surface area contributed by atoms with Crippen molar-refractivity contribution in [1.82, 2.24) is 4.98 Å². The van der Waals surface area contributed by atoms with Crippen molar-refractivity contribution in [1.29, 1.82) is 0 Å². The molecular weight excluding hydrogens is 182 g/mol. The van der Waals surface area contributed by atoms with E-state index in [9.17, 15) is 4.79 Å². The molecule has 0 spiro atoms. The zero-order valence-corrected chi connectivity index (χ0v) is 7.82. The summed E-state index contributed by atoms with van der Waals surface area (Å²) in [5.74, 6) is 0.776. The molecule has 1 saturated heterocycles. The van der Waals surface area contributed by atoms with Crippen LogP contribution in [0.15, 0.2) is 16.9 Å². The lowest BCUT2D eigenvalue weighted by atomic mass is 10.3. The van der Waals surface area contributed by atoms with Crippen LogP contribution in [-0.4, -0.2) is 31.3 Å². The lowest BCUT2D eigenvalue weighted by Crippen LogP contribution is -2.37. The Balaban J connectivity index is 2.26. The Morgan fingerprint density at radius 1 is 1.36 bits per heavy atom. The number of morpholine rings is 1. The SMILES string of the molecule is Nc1cc(N2CCOCC2)[nH]c(=O)c1. The van der Waals surface area contributed by atoms with Gasteiger partial charge in [0.1, 0.15) is 5.82 Å². The van der Waals surface area contributed by atoms with Gasteiger partial charge < -0.3 is 20.4 Å². The summed E-state index contributed by atoms with van der Waals surface area (Å²) >= 11 is 0. The second kappa shape index (κ2) is 3.71. The molecule has 76 valence electrons. The predicted molar refractivity (Wildman–Crippen MR) is 54.5 cm³/mol. The van der Waals surface area contributed by atoms with Crippen molar-refractivity contribution in [2.45, 2.75) is 0 Å². The summed E-state index contributed by atoms with van der Waals surface area (Å²) in [6.07, 6.45) is 0. The van der Waals surface area contributed by atoms with Crippen LogP contribution < -0.4 is 16.2 Å². The highest BCUT2D eigenvalue weighted by Gasteiger charge is 2.11. The topological polar surface area (TPSA) is 71.3 Å². The van der Waals surface area contributed by atoms with Gasteiger partial charge in [-0.15, -0.1) is 0 Å². The number of nitrogens with one attached hydrogen (secondary N) is 1. The van der Waals surface area contributed by atoms with E-state index in [1.165, 1.54) is 6.07 Å². The maximum absolute atomic E-state index is 11.2. The second-order valence-electron chi connectivity index (χ2n) is 3.26. The number of aromatic amines is 1. The first kappa shape index (κ1) is 9.08. The predicted octanol–water partition coefficient (Wildman–Crippen LogP) is -0.206. The summed E-state index contributed by atoms with van der Waals surface area (Å²) in [5.41, 5.74) is 5.92. The molecule has 2 rings (SSSR count). The fraction of sp³-hybridized carbons (Fsp3) is 0.444. The first-order valence-corrected chi connectivity index (χ1v) is 4.58. The van der Waals surface area contributed by atoms with E-state index in [1.54, 1.807) is 6.07 Å². The number of hydrogen-bond donors (Lipinski definition) is 2. The van der Waals surface area contributed by atoms with E-state index in [2.05, 4.69) is 9.88 Å². The van der Waals surface area contributed by atoms with Crippen LogP contribution in [0, 0.1) is 0 Å². The molecule has 0 atom stereocenters. The number of hydrogen-bond acceptors (Lipinski definition) is 4. The Morgan fingerprint density at radius 3 is 2.71 bits per heavy atom.